The van der Waals surface area contributed by atoms with Crippen LogP contribution in [-0.2, 0) is 10.0 Å². The minimum Gasteiger partial charge on any atom is -0.283 e. The van der Waals surface area contributed by atoms with E-state index < -0.39 is 15.8 Å². The first-order valence-corrected chi connectivity index (χ1v) is 7.85. The van der Waals surface area contributed by atoms with Crippen molar-refractivity contribution in [1.29, 1.82) is 5.26 Å². The van der Waals surface area contributed by atoms with E-state index in [4.69, 9.17) is 16.9 Å². The summed E-state index contributed by atoms with van der Waals surface area (Å²) in [5.74, 6) is -0.303. The van der Waals surface area contributed by atoms with Crippen LogP contribution in [0, 0.1) is 24.1 Å². The molecule has 0 heterocycles. The number of rotatable bonds is 6. The molecule has 0 aliphatic rings. The van der Waals surface area contributed by atoms with Crippen LogP contribution < -0.4 is 4.72 Å². The number of alkyl halides is 1. The van der Waals surface area contributed by atoms with Gasteiger partial charge in [-0.25, -0.2) is 12.8 Å². The average Bonchev–Trinajstić information content (AvgIpc) is 2.34. The zero-order valence-electron chi connectivity index (χ0n) is 10.4. The molecule has 4 nitrogen and oxygen atoms in total. The number of hydrogen-bond donors (Lipinski definition) is 1. The van der Waals surface area contributed by atoms with Crippen molar-refractivity contribution in [3.8, 4) is 6.07 Å². The molecule has 0 amide bonds. The lowest BCUT2D eigenvalue weighted by Gasteiger charge is -2.11. The van der Waals surface area contributed by atoms with Crippen LogP contribution in [0.5, 0.6) is 0 Å². The second kappa shape index (κ2) is 6.73. The Morgan fingerprint density at radius 1 is 1.42 bits per heavy atom. The molecule has 0 fully saturated rings. The van der Waals surface area contributed by atoms with Gasteiger partial charge < -0.3 is 0 Å². The van der Waals surface area contributed by atoms with E-state index in [1.54, 1.807) is 6.07 Å². The molecule has 1 aromatic carbocycles. The van der Waals surface area contributed by atoms with Gasteiger partial charge in [0.1, 0.15) is 5.82 Å². The average molecular weight is 305 g/mol. The molecule has 0 aromatic heterocycles. The number of nitrogens with one attached hydrogen (secondary N) is 1. The van der Waals surface area contributed by atoms with Gasteiger partial charge in [-0.1, -0.05) is 0 Å². The van der Waals surface area contributed by atoms with Crippen LogP contribution in [0.1, 0.15) is 24.0 Å². The molecule has 1 aromatic rings. The van der Waals surface area contributed by atoms with Gasteiger partial charge >= 0.3 is 0 Å². The summed E-state index contributed by atoms with van der Waals surface area (Å²) >= 11 is 5.48. The number of nitrogens with zero attached hydrogens (tertiary/aromatic N) is 1. The molecular formula is C12H14ClFN2O2S. The van der Waals surface area contributed by atoms with Gasteiger partial charge in [-0.05, 0) is 31.9 Å². The molecule has 0 aliphatic heterocycles. The smallest absolute Gasteiger partial charge is 0.232 e. The summed E-state index contributed by atoms with van der Waals surface area (Å²) in [5, 5.41) is 8.74. The van der Waals surface area contributed by atoms with Crippen LogP contribution in [0.4, 0.5) is 10.1 Å². The summed E-state index contributed by atoms with van der Waals surface area (Å²) in [7, 11) is -3.56. The number of nitriles is 1. The summed E-state index contributed by atoms with van der Waals surface area (Å²) in [5.41, 5.74) is 0.337. The van der Waals surface area contributed by atoms with Crippen molar-refractivity contribution in [1.82, 2.24) is 0 Å². The fourth-order valence-electron chi connectivity index (χ4n) is 1.45. The van der Waals surface area contributed by atoms with Gasteiger partial charge in [-0.3, -0.25) is 4.72 Å². The van der Waals surface area contributed by atoms with Crippen molar-refractivity contribution in [2.24, 2.45) is 0 Å². The van der Waals surface area contributed by atoms with E-state index in [2.05, 4.69) is 4.72 Å². The highest BCUT2D eigenvalue weighted by molar-refractivity contribution is 7.92. The Labute approximate surface area is 117 Å². The Bertz CT molecular complexity index is 596. The monoisotopic (exact) mass is 304 g/mol. The third-order valence-electron chi connectivity index (χ3n) is 2.54. The van der Waals surface area contributed by atoms with Crippen LogP contribution in [0.15, 0.2) is 12.1 Å². The summed E-state index contributed by atoms with van der Waals surface area (Å²) in [6.07, 6.45) is 1.02. The Kier molecular flexibility index (Phi) is 5.58. The molecule has 1 N–H and O–H groups in total. The SMILES string of the molecule is Cc1c(F)cc(C#N)cc1NS(=O)(=O)CCCCCl. The molecule has 1 rings (SSSR count). The predicted molar refractivity (Wildman–Crippen MR) is 73.2 cm³/mol. The maximum Gasteiger partial charge on any atom is 0.232 e. The summed E-state index contributed by atoms with van der Waals surface area (Å²) < 4.78 is 39.4. The summed E-state index contributed by atoms with van der Waals surface area (Å²) in [6, 6.07) is 4.17. The summed E-state index contributed by atoms with van der Waals surface area (Å²) in [4.78, 5) is 0. The second-order valence-electron chi connectivity index (χ2n) is 4.06. The van der Waals surface area contributed by atoms with E-state index in [1.165, 1.54) is 13.0 Å². The first kappa shape index (κ1) is 15.7. The van der Waals surface area contributed by atoms with Crippen LogP contribution in [0.25, 0.3) is 0 Å². The number of sulfonamides is 1. The highest BCUT2D eigenvalue weighted by Gasteiger charge is 2.14. The molecular weight excluding hydrogens is 291 g/mol. The van der Waals surface area contributed by atoms with Gasteiger partial charge in [0.15, 0.2) is 0 Å². The van der Waals surface area contributed by atoms with Crippen molar-refractivity contribution >= 4 is 27.3 Å². The van der Waals surface area contributed by atoms with E-state index in [0.29, 0.717) is 18.7 Å². The van der Waals surface area contributed by atoms with Gasteiger partial charge in [0.05, 0.1) is 23.1 Å². The van der Waals surface area contributed by atoms with Gasteiger partial charge in [-0.15, -0.1) is 11.6 Å². The second-order valence-corrected chi connectivity index (χ2v) is 6.28. The Morgan fingerprint density at radius 2 is 2.11 bits per heavy atom. The number of hydrogen-bond acceptors (Lipinski definition) is 3. The van der Waals surface area contributed by atoms with E-state index >= 15 is 0 Å². The lowest BCUT2D eigenvalue weighted by molar-refractivity contribution is 0.597. The van der Waals surface area contributed by atoms with Gasteiger partial charge in [-0.2, -0.15) is 5.26 Å². The lowest BCUT2D eigenvalue weighted by Crippen LogP contribution is -2.18. The first-order valence-electron chi connectivity index (χ1n) is 5.66. The van der Waals surface area contributed by atoms with Gasteiger partial charge in [0, 0.05) is 11.4 Å². The summed E-state index contributed by atoms with van der Waals surface area (Å²) in [6.45, 7) is 1.45. The fourth-order valence-corrected chi connectivity index (χ4v) is 2.88. The zero-order chi connectivity index (χ0) is 14.5. The standard InChI is InChI=1S/C12H14ClFN2O2S/c1-9-11(14)6-10(8-15)7-12(9)16-19(17,18)5-3-2-4-13/h6-7,16H,2-5H2,1H3. The molecule has 7 heteroatoms. The molecule has 0 saturated heterocycles. The predicted octanol–water partition coefficient (Wildman–Crippen LogP) is 2.77. The molecule has 0 aliphatic carbocycles. The number of anilines is 1. The van der Waals surface area contributed by atoms with E-state index in [9.17, 15) is 12.8 Å². The lowest BCUT2D eigenvalue weighted by atomic mass is 10.1. The highest BCUT2D eigenvalue weighted by atomic mass is 35.5. The molecule has 19 heavy (non-hydrogen) atoms. The van der Waals surface area contributed by atoms with Crippen LogP contribution >= 0.6 is 11.6 Å². The molecule has 0 atom stereocenters. The van der Waals surface area contributed by atoms with Crippen LogP contribution in [0.2, 0.25) is 0 Å². The van der Waals surface area contributed by atoms with Crippen molar-refractivity contribution < 1.29 is 12.8 Å². The molecule has 104 valence electrons. The van der Waals surface area contributed by atoms with Gasteiger partial charge in [0.25, 0.3) is 0 Å². The van der Waals surface area contributed by atoms with Crippen molar-refractivity contribution in [3.05, 3.63) is 29.1 Å². The molecule has 0 bridgehead atoms. The van der Waals surface area contributed by atoms with Crippen molar-refractivity contribution in [2.75, 3.05) is 16.4 Å². The number of unbranched alkanes of at least 4 members (excludes halogenated alkanes) is 1. The Morgan fingerprint density at radius 3 is 2.68 bits per heavy atom. The van der Waals surface area contributed by atoms with Crippen molar-refractivity contribution in [2.45, 2.75) is 19.8 Å². The first-order chi connectivity index (χ1) is 8.89. The minimum atomic E-state index is -3.56. The normalized spacial score (nSPS) is 11.1. The molecule has 0 radical (unpaired) electrons. The topological polar surface area (TPSA) is 70.0 Å². The van der Waals surface area contributed by atoms with Crippen LogP contribution in [0.3, 0.4) is 0 Å². The fraction of sp³-hybridized carbons (Fsp3) is 0.417. The van der Waals surface area contributed by atoms with Crippen molar-refractivity contribution in [3.63, 3.8) is 0 Å². The van der Waals surface area contributed by atoms with Gasteiger partial charge in [0.2, 0.25) is 10.0 Å². The molecule has 0 unspecified atom stereocenters. The maximum absolute atomic E-state index is 13.5. The number of halogens is 2. The highest BCUT2D eigenvalue weighted by Crippen LogP contribution is 2.21. The Hall–Kier alpha value is -1.32. The Balaban J connectivity index is 2.93. The third kappa shape index (κ3) is 4.69. The largest absolute Gasteiger partial charge is 0.283 e. The molecule has 0 saturated carbocycles. The zero-order valence-corrected chi connectivity index (χ0v) is 12.0. The maximum atomic E-state index is 13.5. The molecule has 0 spiro atoms. The minimum absolute atomic E-state index is 0.0709. The van der Waals surface area contributed by atoms with E-state index in [1.807, 2.05) is 0 Å². The van der Waals surface area contributed by atoms with E-state index in [0.717, 1.165) is 6.07 Å². The quantitative estimate of drug-likeness (QED) is 0.649. The third-order valence-corrected chi connectivity index (χ3v) is 4.16. The van der Waals surface area contributed by atoms with Crippen LogP contribution in [-0.4, -0.2) is 20.1 Å². The van der Waals surface area contributed by atoms with E-state index in [-0.39, 0.29) is 22.6 Å². The number of benzene rings is 1.